The molecule has 1 heterocycles. The van der Waals surface area contributed by atoms with Crippen molar-refractivity contribution in [2.45, 2.75) is 19.1 Å². The third-order valence-corrected chi connectivity index (χ3v) is 4.51. The van der Waals surface area contributed by atoms with Crippen molar-refractivity contribution >= 4 is 5.91 Å². The number of carbonyl (C=O) groups excluding carboxylic acids is 1. The average Bonchev–Trinajstić information content (AvgIpc) is 3.23. The summed E-state index contributed by atoms with van der Waals surface area (Å²) < 4.78 is 11.4. The lowest BCUT2D eigenvalue weighted by Crippen LogP contribution is -2.33. The van der Waals surface area contributed by atoms with E-state index in [1.165, 1.54) is 0 Å². The van der Waals surface area contributed by atoms with Crippen LogP contribution in [0.2, 0.25) is 0 Å². The van der Waals surface area contributed by atoms with Gasteiger partial charge in [0.25, 0.3) is 0 Å². The second-order valence-corrected chi connectivity index (χ2v) is 6.21. The molecule has 4 nitrogen and oxygen atoms in total. The van der Waals surface area contributed by atoms with Crippen molar-refractivity contribution in [3.63, 3.8) is 0 Å². The predicted octanol–water partition coefficient (Wildman–Crippen LogP) is 4.61. The smallest absolute Gasteiger partial charge is 0.248 e. The molecular formula is C22H23NO3. The minimum absolute atomic E-state index is 0.00396. The highest BCUT2D eigenvalue weighted by molar-refractivity contribution is 5.77. The lowest BCUT2D eigenvalue weighted by Gasteiger charge is -2.25. The lowest BCUT2D eigenvalue weighted by molar-refractivity contribution is -0.138. The summed E-state index contributed by atoms with van der Waals surface area (Å²) >= 11 is 0. The molecule has 0 bridgehead atoms. The van der Waals surface area contributed by atoms with Crippen LogP contribution in [0.5, 0.6) is 0 Å². The zero-order chi connectivity index (χ0) is 18.4. The van der Waals surface area contributed by atoms with Crippen LogP contribution in [0.3, 0.4) is 0 Å². The Morgan fingerprint density at radius 3 is 2.04 bits per heavy atom. The van der Waals surface area contributed by atoms with Crippen molar-refractivity contribution in [1.29, 1.82) is 0 Å². The van der Waals surface area contributed by atoms with Gasteiger partial charge in [-0.05, 0) is 30.2 Å². The molecule has 1 amide bonds. The maximum atomic E-state index is 12.6. The molecule has 3 rings (SSSR count). The van der Waals surface area contributed by atoms with Gasteiger partial charge in [0, 0.05) is 7.05 Å². The van der Waals surface area contributed by atoms with Gasteiger partial charge in [-0.1, -0.05) is 60.7 Å². The van der Waals surface area contributed by atoms with E-state index in [2.05, 4.69) is 0 Å². The molecule has 0 aliphatic rings. The Morgan fingerprint density at radius 2 is 1.54 bits per heavy atom. The third kappa shape index (κ3) is 4.21. The fraction of sp³-hybridized carbons (Fsp3) is 0.227. The van der Waals surface area contributed by atoms with E-state index in [-0.39, 0.29) is 24.7 Å². The quantitative estimate of drug-likeness (QED) is 0.626. The van der Waals surface area contributed by atoms with Gasteiger partial charge in [-0.2, -0.15) is 0 Å². The number of benzene rings is 2. The second kappa shape index (κ2) is 8.50. The molecule has 3 aromatic rings. The van der Waals surface area contributed by atoms with Gasteiger partial charge in [0.1, 0.15) is 18.5 Å². The molecule has 134 valence electrons. The van der Waals surface area contributed by atoms with Gasteiger partial charge >= 0.3 is 0 Å². The molecule has 0 saturated carbocycles. The molecular weight excluding hydrogens is 326 g/mol. The maximum Gasteiger partial charge on any atom is 0.248 e. The van der Waals surface area contributed by atoms with E-state index in [1.54, 1.807) is 18.2 Å². The van der Waals surface area contributed by atoms with E-state index >= 15 is 0 Å². The predicted molar refractivity (Wildman–Crippen MR) is 101 cm³/mol. The number of likely N-dealkylation sites (N-methyl/N-ethyl adjacent to an activating group) is 1. The maximum absolute atomic E-state index is 12.6. The Morgan fingerprint density at radius 1 is 0.962 bits per heavy atom. The Bertz CT molecular complexity index is 760. The summed E-state index contributed by atoms with van der Waals surface area (Å²) in [6.45, 7) is 1.93. The highest BCUT2D eigenvalue weighted by Crippen LogP contribution is 2.26. The number of hydrogen-bond acceptors (Lipinski definition) is 3. The monoisotopic (exact) mass is 349 g/mol. The van der Waals surface area contributed by atoms with Crippen LogP contribution in [0.15, 0.2) is 83.5 Å². The first-order valence-corrected chi connectivity index (χ1v) is 8.67. The number of ether oxygens (including phenoxy) is 1. The first-order chi connectivity index (χ1) is 12.7. The Kier molecular flexibility index (Phi) is 5.87. The number of amides is 1. The first kappa shape index (κ1) is 18.0. The van der Waals surface area contributed by atoms with Gasteiger partial charge < -0.3 is 14.1 Å². The van der Waals surface area contributed by atoms with E-state index < -0.39 is 0 Å². The Labute approximate surface area is 154 Å². The zero-order valence-corrected chi connectivity index (χ0v) is 15.0. The molecule has 0 radical (unpaired) electrons. The van der Waals surface area contributed by atoms with Gasteiger partial charge in [-0.15, -0.1) is 0 Å². The summed E-state index contributed by atoms with van der Waals surface area (Å²) in [5, 5.41) is 0. The topological polar surface area (TPSA) is 42.7 Å². The largest absolute Gasteiger partial charge is 0.467 e. The van der Waals surface area contributed by atoms with Crippen LogP contribution in [0.1, 0.15) is 36.0 Å². The molecule has 1 unspecified atom stereocenters. The van der Waals surface area contributed by atoms with E-state index in [4.69, 9.17) is 9.15 Å². The Hall–Kier alpha value is -2.85. The van der Waals surface area contributed by atoms with Crippen molar-refractivity contribution < 1.29 is 13.9 Å². The summed E-state index contributed by atoms with van der Waals surface area (Å²) in [5.41, 5.74) is 2.04. The fourth-order valence-electron chi connectivity index (χ4n) is 2.83. The Balaban J connectivity index is 1.71. The van der Waals surface area contributed by atoms with Gasteiger partial charge in [-0.3, -0.25) is 4.79 Å². The average molecular weight is 349 g/mol. The van der Waals surface area contributed by atoms with Crippen LogP contribution in [0.25, 0.3) is 0 Å². The summed E-state index contributed by atoms with van der Waals surface area (Å²) in [5.74, 6) is 0.661. The van der Waals surface area contributed by atoms with Crippen molar-refractivity contribution in [3.8, 4) is 0 Å². The van der Waals surface area contributed by atoms with Crippen molar-refractivity contribution in [2.24, 2.45) is 0 Å². The minimum atomic E-state index is -0.284. The number of carbonyl (C=O) groups is 1. The van der Waals surface area contributed by atoms with Crippen molar-refractivity contribution in [2.75, 3.05) is 13.7 Å². The van der Waals surface area contributed by atoms with Crippen LogP contribution in [-0.4, -0.2) is 24.5 Å². The normalized spacial score (nSPS) is 12.1. The molecule has 0 N–H and O–H groups in total. The molecule has 0 aliphatic carbocycles. The van der Waals surface area contributed by atoms with Crippen LogP contribution >= 0.6 is 0 Å². The fourth-order valence-corrected chi connectivity index (χ4v) is 2.83. The van der Waals surface area contributed by atoms with E-state index in [9.17, 15) is 4.79 Å². The SMILES string of the molecule is CC(c1ccco1)N(C)C(=O)COC(c1ccccc1)c1ccccc1. The molecule has 0 spiro atoms. The first-order valence-electron chi connectivity index (χ1n) is 8.67. The highest BCUT2D eigenvalue weighted by atomic mass is 16.5. The van der Waals surface area contributed by atoms with Crippen molar-refractivity contribution in [1.82, 2.24) is 4.90 Å². The van der Waals surface area contributed by atoms with E-state index in [0.717, 1.165) is 16.9 Å². The highest BCUT2D eigenvalue weighted by Gasteiger charge is 2.22. The number of hydrogen-bond donors (Lipinski definition) is 0. The summed E-state index contributed by atoms with van der Waals surface area (Å²) in [4.78, 5) is 14.3. The summed E-state index contributed by atoms with van der Waals surface area (Å²) in [6, 6.07) is 23.4. The number of furan rings is 1. The van der Waals surface area contributed by atoms with Crippen LogP contribution < -0.4 is 0 Å². The van der Waals surface area contributed by atoms with Crippen LogP contribution in [0, 0.1) is 0 Å². The standard InChI is InChI=1S/C22H23NO3/c1-17(20-14-9-15-25-20)23(2)21(24)16-26-22(18-10-5-3-6-11-18)19-12-7-4-8-13-19/h3-15,17,22H,16H2,1-2H3. The van der Waals surface area contributed by atoms with E-state index in [1.807, 2.05) is 79.7 Å². The minimum Gasteiger partial charge on any atom is -0.467 e. The van der Waals surface area contributed by atoms with Gasteiger partial charge in [0.15, 0.2) is 0 Å². The molecule has 1 atom stereocenters. The lowest BCUT2D eigenvalue weighted by atomic mass is 10.0. The van der Waals surface area contributed by atoms with E-state index in [0.29, 0.717) is 0 Å². The van der Waals surface area contributed by atoms with Gasteiger partial charge in [-0.25, -0.2) is 0 Å². The van der Waals surface area contributed by atoms with Crippen LogP contribution in [-0.2, 0) is 9.53 Å². The summed E-state index contributed by atoms with van der Waals surface area (Å²) in [6.07, 6.45) is 1.33. The molecule has 26 heavy (non-hydrogen) atoms. The molecule has 0 aliphatic heterocycles. The molecule has 2 aromatic carbocycles. The summed E-state index contributed by atoms with van der Waals surface area (Å²) in [7, 11) is 1.76. The second-order valence-electron chi connectivity index (χ2n) is 6.21. The molecule has 1 aromatic heterocycles. The van der Waals surface area contributed by atoms with Gasteiger partial charge in [0.2, 0.25) is 5.91 Å². The zero-order valence-electron chi connectivity index (χ0n) is 15.0. The number of nitrogens with zero attached hydrogens (tertiary/aromatic N) is 1. The molecule has 0 fully saturated rings. The third-order valence-electron chi connectivity index (χ3n) is 4.51. The van der Waals surface area contributed by atoms with Crippen molar-refractivity contribution in [3.05, 3.63) is 95.9 Å². The van der Waals surface area contributed by atoms with Gasteiger partial charge in [0.05, 0.1) is 12.3 Å². The number of rotatable bonds is 7. The van der Waals surface area contributed by atoms with Crippen LogP contribution in [0.4, 0.5) is 0 Å². The molecule has 4 heteroatoms. The molecule has 0 saturated heterocycles.